The molecule has 0 aliphatic carbocycles. The standard InChI is InChI=1S/C13H17N3.C12H17FO.C10H16/c1-8(2)11(6-14)13-5-9(3)12(7-16-13)10(4)15;1-4-5-11-8-10(9(2)13)6-7-12(11)14-3;1-4-6-7-8-9-10(3)5-2/h5-7,14-15H,1-4H3;6-9H,4-5H2,1-3H3;8-10H,4-5H2,1-3H3/b;;9-8-. The molecule has 40 heavy (non-hydrogen) atoms. The summed E-state index contributed by atoms with van der Waals surface area (Å²) < 4.78 is 18.3. The Balaban J connectivity index is 0.000000587. The van der Waals surface area contributed by atoms with Gasteiger partial charge in [-0.2, -0.15) is 0 Å². The lowest BCUT2D eigenvalue weighted by molar-refractivity contribution is 0.372. The van der Waals surface area contributed by atoms with Gasteiger partial charge in [0.2, 0.25) is 0 Å². The molecule has 0 aliphatic rings. The maximum absolute atomic E-state index is 13.0. The van der Waals surface area contributed by atoms with Gasteiger partial charge in [0.1, 0.15) is 11.9 Å². The van der Waals surface area contributed by atoms with Crippen molar-refractivity contribution in [2.45, 2.75) is 94.2 Å². The summed E-state index contributed by atoms with van der Waals surface area (Å²) in [6.07, 6.45) is 10.4. The van der Waals surface area contributed by atoms with Gasteiger partial charge in [-0.1, -0.05) is 70.1 Å². The van der Waals surface area contributed by atoms with E-state index in [0.717, 1.165) is 64.1 Å². The van der Waals surface area contributed by atoms with Crippen LogP contribution in [0.15, 0.2) is 48.2 Å². The number of alkyl halides is 1. The maximum atomic E-state index is 13.0. The summed E-state index contributed by atoms with van der Waals surface area (Å²) in [4.78, 5) is 4.30. The lowest BCUT2D eigenvalue weighted by atomic mass is 10.0. The quantitative estimate of drug-likeness (QED) is 0.242. The highest BCUT2D eigenvalue weighted by Crippen LogP contribution is 2.26. The zero-order valence-corrected chi connectivity index (χ0v) is 26.3. The van der Waals surface area contributed by atoms with Crippen LogP contribution in [0.1, 0.15) is 109 Å². The lowest BCUT2D eigenvalue weighted by Gasteiger charge is -2.10. The van der Waals surface area contributed by atoms with E-state index in [9.17, 15) is 4.39 Å². The summed E-state index contributed by atoms with van der Waals surface area (Å²) >= 11 is 0. The van der Waals surface area contributed by atoms with Crippen molar-refractivity contribution in [2.75, 3.05) is 7.11 Å². The summed E-state index contributed by atoms with van der Waals surface area (Å²) in [6, 6.07) is 7.45. The maximum Gasteiger partial charge on any atom is 0.122 e. The molecule has 1 aromatic carbocycles. The van der Waals surface area contributed by atoms with Gasteiger partial charge in [0.25, 0.3) is 0 Å². The van der Waals surface area contributed by atoms with E-state index in [1.54, 1.807) is 33.2 Å². The number of halogens is 1. The van der Waals surface area contributed by atoms with Crippen molar-refractivity contribution < 1.29 is 9.13 Å². The van der Waals surface area contributed by atoms with Crippen molar-refractivity contribution in [3.63, 3.8) is 0 Å². The normalized spacial score (nSPS) is 11.5. The van der Waals surface area contributed by atoms with Gasteiger partial charge in [0.05, 0.1) is 12.8 Å². The van der Waals surface area contributed by atoms with E-state index in [4.69, 9.17) is 15.6 Å². The second kappa shape index (κ2) is 20.4. The number of methoxy groups -OCH3 is 1. The van der Waals surface area contributed by atoms with Crippen LogP contribution in [0.25, 0.3) is 5.57 Å². The van der Waals surface area contributed by atoms with Crippen molar-refractivity contribution in [2.24, 2.45) is 5.92 Å². The number of ether oxygens (including phenoxy) is 1. The van der Waals surface area contributed by atoms with E-state index < -0.39 is 6.17 Å². The number of nitrogens with one attached hydrogen (secondary N) is 2. The first-order chi connectivity index (χ1) is 19.0. The zero-order valence-electron chi connectivity index (χ0n) is 26.3. The van der Waals surface area contributed by atoms with Crippen molar-refractivity contribution in [1.29, 1.82) is 10.8 Å². The van der Waals surface area contributed by atoms with Crippen molar-refractivity contribution in [1.82, 2.24) is 4.98 Å². The summed E-state index contributed by atoms with van der Waals surface area (Å²) in [5.41, 5.74) is 6.95. The fourth-order valence-corrected chi connectivity index (χ4v) is 3.59. The number of aryl methyl sites for hydroxylation is 2. The molecule has 0 saturated heterocycles. The summed E-state index contributed by atoms with van der Waals surface area (Å²) in [6.45, 7) is 17.7. The Hall–Kier alpha value is -3.52. The first-order valence-corrected chi connectivity index (χ1v) is 14.1. The third kappa shape index (κ3) is 13.5. The lowest BCUT2D eigenvalue weighted by Crippen LogP contribution is -2.01. The average molecular weight is 548 g/mol. The van der Waals surface area contributed by atoms with Crippen molar-refractivity contribution in [3.05, 3.63) is 76.1 Å². The molecule has 1 heterocycles. The predicted octanol–water partition coefficient (Wildman–Crippen LogP) is 9.90. The number of rotatable bonds is 9. The Morgan fingerprint density at radius 2 is 1.80 bits per heavy atom. The molecule has 0 amide bonds. The van der Waals surface area contributed by atoms with Crippen LogP contribution in [0.3, 0.4) is 0 Å². The minimum atomic E-state index is -0.906. The first-order valence-electron chi connectivity index (χ1n) is 14.1. The van der Waals surface area contributed by atoms with Gasteiger partial charge in [-0.05, 0) is 87.9 Å². The van der Waals surface area contributed by atoms with Crippen LogP contribution < -0.4 is 4.74 Å². The highest BCUT2D eigenvalue weighted by atomic mass is 19.1. The van der Waals surface area contributed by atoms with Gasteiger partial charge in [-0.15, -0.1) is 0 Å². The van der Waals surface area contributed by atoms with Crippen molar-refractivity contribution >= 4 is 17.5 Å². The fourth-order valence-electron chi connectivity index (χ4n) is 3.59. The van der Waals surface area contributed by atoms with Crippen LogP contribution in [0.4, 0.5) is 4.39 Å². The van der Waals surface area contributed by atoms with Gasteiger partial charge >= 0.3 is 0 Å². The molecule has 0 aliphatic heterocycles. The number of benzene rings is 1. The molecule has 2 unspecified atom stereocenters. The van der Waals surface area contributed by atoms with Crippen molar-refractivity contribution in [3.8, 4) is 17.6 Å². The molecule has 5 heteroatoms. The van der Waals surface area contributed by atoms with E-state index >= 15 is 0 Å². The molecule has 2 aromatic rings. The van der Waals surface area contributed by atoms with E-state index in [0.29, 0.717) is 11.6 Å². The van der Waals surface area contributed by atoms with Crippen LogP contribution >= 0.6 is 0 Å². The van der Waals surface area contributed by atoms with E-state index in [1.165, 1.54) is 12.6 Å². The second-order valence-corrected chi connectivity index (χ2v) is 9.92. The van der Waals surface area contributed by atoms with Crippen LogP contribution in [0.2, 0.25) is 0 Å². The first kappa shape index (κ1) is 36.5. The number of allylic oxidation sites excluding steroid dienone is 4. The molecule has 0 radical (unpaired) electrons. The summed E-state index contributed by atoms with van der Waals surface area (Å²) in [5.74, 6) is 7.49. The Morgan fingerprint density at radius 1 is 1.12 bits per heavy atom. The molecule has 2 atom stereocenters. The van der Waals surface area contributed by atoms with Gasteiger partial charge in [-0.3, -0.25) is 4.98 Å². The molecular weight excluding hydrogens is 497 g/mol. The Kier molecular flexibility index (Phi) is 18.6. The minimum absolute atomic E-state index is 0.519. The van der Waals surface area contributed by atoms with Crippen LogP contribution in [0, 0.1) is 35.5 Å². The highest BCUT2D eigenvalue weighted by Gasteiger charge is 2.08. The number of aromatic nitrogens is 1. The largest absolute Gasteiger partial charge is 0.496 e. The summed E-state index contributed by atoms with van der Waals surface area (Å²) in [7, 11) is 1.65. The highest BCUT2D eigenvalue weighted by molar-refractivity contribution is 6.09. The van der Waals surface area contributed by atoms with E-state index in [1.807, 2.05) is 45.0 Å². The number of hydrogen-bond acceptors (Lipinski definition) is 4. The minimum Gasteiger partial charge on any atom is -0.496 e. The number of hydrogen-bond donors (Lipinski definition) is 2. The molecule has 4 nitrogen and oxygen atoms in total. The monoisotopic (exact) mass is 547 g/mol. The second-order valence-electron chi connectivity index (χ2n) is 9.92. The van der Waals surface area contributed by atoms with E-state index in [-0.39, 0.29) is 0 Å². The molecule has 0 fully saturated rings. The van der Waals surface area contributed by atoms with Crippen LogP contribution in [-0.2, 0) is 6.42 Å². The van der Waals surface area contributed by atoms with Gasteiger partial charge in [-0.25, -0.2) is 4.39 Å². The zero-order chi connectivity index (χ0) is 30.7. The third-order valence-corrected chi connectivity index (χ3v) is 6.19. The van der Waals surface area contributed by atoms with E-state index in [2.05, 4.69) is 50.6 Å². The third-order valence-electron chi connectivity index (χ3n) is 6.19. The molecule has 0 spiro atoms. The van der Waals surface area contributed by atoms with Crippen LogP contribution in [0.5, 0.6) is 5.75 Å². The van der Waals surface area contributed by atoms with Gasteiger partial charge in [0.15, 0.2) is 0 Å². The fraction of sp³-hybridized carbons (Fsp3) is 0.457. The Morgan fingerprint density at radius 3 is 2.25 bits per heavy atom. The number of nitrogens with zero attached hydrogens (tertiary/aromatic N) is 1. The topological polar surface area (TPSA) is 69.8 Å². The molecule has 0 bridgehead atoms. The Labute approximate surface area is 243 Å². The smallest absolute Gasteiger partial charge is 0.122 e. The summed E-state index contributed by atoms with van der Waals surface area (Å²) in [5, 5.41) is 15.0. The van der Waals surface area contributed by atoms with Crippen LogP contribution in [-0.4, -0.2) is 24.0 Å². The Bertz CT molecular complexity index is 1190. The molecule has 2 rings (SSSR count). The van der Waals surface area contributed by atoms with Gasteiger partial charge in [0, 0.05) is 35.7 Å². The molecule has 218 valence electrons. The molecule has 2 N–H and O–H groups in total. The number of pyridine rings is 1. The average Bonchev–Trinajstić information content (AvgIpc) is 2.92. The van der Waals surface area contributed by atoms with Gasteiger partial charge < -0.3 is 15.6 Å². The SMILES string of the molecule is CC(=N)c1cnc(C(C=N)=C(C)C)cc1C.CCC#C/C=C\C(C)CC.CCCc1cc(C(C)F)ccc1OC. The molecular formula is C35H50FN3O. The molecule has 0 saturated carbocycles. The molecule has 1 aromatic heterocycles. The predicted molar refractivity (Wildman–Crippen MR) is 172 cm³/mol.